The van der Waals surface area contributed by atoms with Crippen LogP contribution in [0.2, 0.25) is 0 Å². The fourth-order valence-corrected chi connectivity index (χ4v) is 3.84. The van der Waals surface area contributed by atoms with Gasteiger partial charge in [-0.3, -0.25) is 4.79 Å². The Hall–Kier alpha value is -2.60. The lowest BCUT2D eigenvalue weighted by Gasteiger charge is -2.32. The molecule has 6 nitrogen and oxygen atoms in total. The Morgan fingerprint density at radius 1 is 0.893 bits per heavy atom. The number of pyridine rings is 1. The normalized spacial score (nSPS) is 18.2. The number of likely N-dealkylation sites (N-methyl/N-ethyl adjacent to an activating group) is 1. The SMILES string of the molecule is CN1CCN(C(=O)c2ccc(Nc3ccc(N4CCCCC4)cc3)nc2)CC1. The van der Waals surface area contributed by atoms with E-state index >= 15 is 0 Å². The van der Waals surface area contributed by atoms with Gasteiger partial charge in [-0.25, -0.2) is 4.98 Å². The average molecular weight is 380 g/mol. The smallest absolute Gasteiger partial charge is 0.255 e. The summed E-state index contributed by atoms with van der Waals surface area (Å²) in [5.41, 5.74) is 2.94. The third kappa shape index (κ3) is 4.44. The molecule has 1 aromatic heterocycles. The Morgan fingerprint density at radius 2 is 1.61 bits per heavy atom. The molecule has 0 saturated carbocycles. The minimum Gasteiger partial charge on any atom is -0.372 e. The number of anilines is 3. The van der Waals surface area contributed by atoms with Crippen LogP contribution in [-0.4, -0.2) is 67.0 Å². The van der Waals surface area contributed by atoms with Crippen molar-refractivity contribution in [1.29, 1.82) is 0 Å². The highest BCUT2D eigenvalue weighted by Crippen LogP contribution is 2.23. The van der Waals surface area contributed by atoms with E-state index in [1.54, 1.807) is 6.20 Å². The molecular formula is C22H29N5O. The van der Waals surface area contributed by atoms with E-state index in [1.165, 1.54) is 24.9 Å². The van der Waals surface area contributed by atoms with Crippen LogP contribution in [0, 0.1) is 0 Å². The Bertz CT molecular complexity index is 776. The molecule has 2 aromatic rings. The number of nitrogens with one attached hydrogen (secondary N) is 1. The summed E-state index contributed by atoms with van der Waals surface area (Å²) in [5.74, 6) is 0.818. The molecule has 0 atom stereocenters. The summed E-state index contributed by atoms with van der Waals surface area (Å²) in [4.78, 5) is 23.6. The molecule has 2 fully saturated rings. The summed E-state index contributed by atoms with van der Waals surface area (Å²) in [6.45, 7) is 5.70. The second-order valence-corrected chi connectivity index (χ2v) is 7.75. The van der Waals surface area contributed by atoms with Gasteiger partial charge in [-0.05, 0) is 62.7 Å². The summed E-state index contributed by atoms with van der Waals surface area (Å²) >= 11 is 0. The van der Waals surface area contributed by atoms with Crippen LogP contribution in [-0.2, 0) is 0 Å². The van der Waals surface area contributed by atoms with Crippen molar-refractivity contribution in [2.45, 2.75) is 19.3 Å². The van der Waals surface area contributed by atoms with E-state index in [2.05, 4.69) is 51.4 Å². The number of amides is 1. The maximum atomic E-state index is 12.6. The molecule has 2 saturated heterocycles. The molecule has 0 unspecified atom stereocenters. The van der Waals surface area contributed by atoms with Gasteiger partial charge in [0.15, 0.2) is 0 Å². The van der Waals surface area contributed by atoms with Crippen LogP contribution in [0.15, 0.2) is 42.6 Å². The van der Waals surface area contributed by atoms with Gasteiger partial charge in [0.1, 0.15) is 5.82 Å². The lowest BCUT2D eigenvalue weighted by Crippen LogP contribution is -2.47. The van der Waals surface area contributed by atoms with Crippen LogP contribution in [0.3, 0.4) is 0 Å². The van der Waals surface area contributed by atoms with Crippen molar-refractivity contribution in [3.63, 3.8) is 0 Å². The fraction of sp³-hybridized carbons (Fsp3) is 0.455. The molecule has 0 spiro atoms. The fourth-order valence-electron chi connectivity index (χ4n) is 3.84. The molecule has 1 N–H and O–H groups in total. The highest BCUT2D eigenvalue weighted by atomic mass is 16.2. The van der Waals surface area contributed by atoms with Gasteiger partial charge in [0.2, 0.25) is 0 Å². The van der Waals surface area contributed by atoms with E-state index in [1.807, 2.05) is 17.0 Å². The number of carbonyl (C=O) groups excluding carboxylic acids is 1. The first kappa shape index (κ1) is 18.7. The van der Waals surface area contributed by atoms with Crippen LogP contribution in [0.5, 0.6) is 0 Å². The molecule has 2 aliphatic rings. The third-order valence-electron chi connectivity index (χ3n) is 5.66. The maximum Gasteiger partial charge on any atom is 0.255 e. The number of hydrogen-bond acceptors (Lipinski definition) is 5. The molecule has 0 radical (unpaired) electrons. The minimum absolute atomic E-state index is 0.0676. The van der Waals surface area contributed by atoms with E-state index in [0.29, 0.717) is 5.56 Å². The van der Waals surface area contributed by atoms with Gasteiger partial charge in [-0.15, -0.1) is 0 Å². The molecule has 3 heterocycles. The molecule has 1 aromatic carbocycles. The van der Waals surface area contributed by atoms with Gasteiger partial charge in [-0.2, -0.15) is 0 Å². The van der Waals surface area contributed by atoms with Gasteiger partial charge in [0.05, 0.1) is 5.56 Å². The van der Waals surface area contributed by atoms with Crippen molar-refractivity contribution in [2.75, 3.05) is 56.5 Å². The molecule has 1 amide bonds. The number of piperazine rings is 1. The van der Waals surface area contributed by atoms with Crippen molar-refractivity contribution in [3.8, 4) is 0 Å². The largest absolute Gasteiger partial charge is 0.372 e. The van der Waals surface area contributed by atoms with E-state index in [0.717, 1.165) is 50.8 Å². The van der Waals surface area contributed by atoms with Crippen LogP contribution in [0.1, 0.15) is 29.6 Å². The van der Waals surface area contributed by atoms with Crippen LogP contribution in [0.4, 0.5) is 17.2 Å². The van der Waals surface area contributed by atoms with E-state index in [9.17, 15) is 4.79 Å². The summed E-state index contributed by atoms with van der Waals surface area (Å²) < 4.78 is 0. The molecule has 28 heavy (non-hydrogen) atoms. The van der Waals surface area contributed by atoms with Crippen molar-refractivity contribution in [1.82, 2.24) is 14.8 Å². The number of hydrogen-bond donors (Lipinski definition) is 1. The monoisotopic (exact) mass is 379 g/mol. The Balaban J connectivity index is 1.35. The first-order valence-corrected chi connectivity index (χ1v) is 10.2. The van der Waals surface area contributed by atoms with Crippen LogP contribution in [0.25, 0.3) is 0 Å². The van der Waals surface area contributed by atoms with Gasteiger partial charge in [0.25, 0.3) is 5.91 Å². The minimum atomic E-state index is 0.0676. The van der Waals surface area contributed by atoms with E-state index in [4.69, 9.17) is 0 Å². The molecule has 4 rings (SSSR count). The topological polar surface area (TPSA) is 51.7 Å². The molecule has 0 aliphatic carbocycles. The molecule has 148 valence electrons. The van der Waals surface area contributed by atoms with Gasteiger partial charge < -0.3 is 20.0 Å². The Labute approximate surface area is 167 Å². The zero-order valence-electron chi connectivity index (χ0n) is 16.6. The van der Waals surface area contributed by atoms with E-state index in [-0.39, 0.29) is 5.91 Å². The summed E-state index contributed by atoms with van der Waals surface area (Å²) in [5, 5.41) is 3.32. The third-order valence-corrected chi connectivity index (χ3v) is 5.66. The van der Waals surface area contributed by atoms with Crippen molar-refractivity contribution in [3.05, 3.63) is 48.2 Å². The lowest BCUT2D eigenvalue weighted by molar-refractivity contribution is 0.0663. The molecular weight excluding hydrogens is 350 g/mol. The molecule has 6 heteroatoms. The number of rotatable bonds is 4. The zero-order chi connectivity index (χ0) is 19.3. The highest BCUT2D eigenvalue weighted by Gasteiger charge is 2.20. The van der Waals surface area contributed by atoms with Crippen molar-refractivity contribution in [2.24, 2.45) is 0 Å². The first-order chi connectivity index (χ1) is 13.7. The first-order valence-electron chi connectivity index (χ1n) is 10.2. The van der Waals surface area contributed by atoms with Gasteiger partial charge in [-0.1, -0.05) is 0 Å². The van der Waals surface area contributed by atoms with Gasteiger partial charge >= 0.3 is 0 Å². The molecule has 2 aliphatic heterocycles. The predicted molar refractivity (Wildman–Crippen MR) is 113 cm³/mol. The quantitative estimate of drug-likeness (QED) is 0.884. The van der Waals surface area contributed by atoms with Gasteiger partial charge in [0, 0.05) is 56.8 Å². The summed E-state index contributed by atoms with van der Waals surface area (Å²) in [7, 11) is 2.09. The van der Waals surface area contributed by atoms with E-state index < -0.39 is 0 Å². The predicted octanol–water partition coefficient (Wildman–Crippen LogP) is 3.20. The average Bonchev–Trinajstić information content (AvgIpc) is 2.75. The zero-order valence-corrected chi connectivity index (χ0v) is 16.6. The maximum absolute atomic E-state index is 12.6. The Morgan fingerprint density at radius 3 is 2.25 bits per heavy atom. The van der Waals surface area contributed by atoms with Crippen LogP contribution >= 0.6 is 0 Å². The van der Waals surface area contributed by atoms with Crippen LogP contribution < -0.4 is 10.2 Å². The second-order valence-electron chi connectivity index (χ2n) is 7.75. The number of carbonyl (C=O) groups is 1. The van der Waals surface area contributed by atoms with Crippen molar-refractivity contribution >= 4 is 23.1 Å². The standard InChI is InChI=1S/C22H29N5O/c1-25-13-15-27(16-14-25)22(28)18-5-10-21(23-17-18)24-19-6-8-20(9-7-19)26-11-3-2-4-12-26/h5-10,17H,2-4,11-16H2,1H3,(H,23,24). The highest BCUT2D eigenvalue weighted by molar-refractivity contribution is 5.94. The number of piperidine rings is 1. The summed E-state index contributed by atoms with van der Waals surface area (Å²) in [6.07, 6.45) is 5.58. The number of aromatic nitrogens is 1. The summed E-state index contributed by atoms with van der Waals surface area (Å²) in [6, 6.07) is 12.3. The number of nitrogens with zero attached hydrogens (tertiary/aromatic N) is 4. The van der Waals surface area contributed by atoms with Crippen molar-refractivity contribution < 1.29 is 4.79 Å². The lowest BCUT2D eigenvalue weighted by atomic mass is 10.1. The Kier molecular flexibility index (Phi) is 5.76. The molecule has 0 bridgehead atoms. The second kappa shape index (κ2) is 8.61. The number of benzene rings is 1.